The van der Waals surface area contributed by atoms with Crippen molar-refractivity contribution in [3.8, 4) is 11.5 Å². The third-order valence-electron chi connectivity index (χ3n) is 2.74. The Kier molecular flexibility index (Phi) is 4.64. The van der Waals surface area contributed by atoms with Gasteiger partial charge < -0.3 is 9.47 Å². The van der Waals surface area contributed by atoms with Crippen molar-refractivity contribution in [1.29, 1.82) is 0 Å². The summed E-state index contributed by atoms with van der Waals surface area (Å²) in [5.74, 6) is 0.667. The summed E-state index contributed by atoms with van der Waals surface area (Å²) < 4.78 is 10.6. The Morgan fingerprint density at radius 1 is 1.05 bits per heavy atom. The lowest BCUT2D eigenvalue weighted by atomic mass is 10.1. The monoisotopic (exact) mass is 290 g/mol. The molecule has 0 aromatic heterocycles. The highest BCUT2D eigenvalue weighted by molar-refractivity contribution is 6.32. The summed E-state index contributed by atoms with van der Waals surface area (Å²) in [7, 11) is 0. The maximum atomic E-state index is 11.6. The lowest BCUT2D eigenvalue weighted by molar-refractivity contribution is -0.136. The number of aryl methyl sites for hydroxylation is 2. The maximum Gasteiger partial charge on any atom is 0.349 e. The van der Waals surface area contributed by atoms with Gasteiger partial charge in [0, 0.05) is 5.02 Å². The van der Waals surface area contributed by atoms with Crippen molar-refractivity contribution < 1.29 is 14.3 Å². The maximum absolute atomic E-state index is 11.6. The zero-order chi connectivity index (χ0) is 14.5. The number of rotatable bonds is 4. The summed E-state index contributed by atoms with van der Waals surface area (Å²) in [6, 6.07) is 12.5. The van der Waals surface area contributed by atoms with Crippen LogP contribution in [0.15, 0.2) is 42.5 Å². The van der Waals surface area contributed by atoms with Crippen LogP contribution >= 0.6 is 11.6 Å². The fraction of sp³-hybridized carbons (Fsp3) is 0.188. The van der Waals surface area contributed by atoms with E-state index in [4.69, 9.17) is 21.1 Å². The number of carbonyl (C=O) groups excluding carboxylic acids is 1. The largest absolute Gasteiger partial charge is 0.482 e. The first-order valence-electron chi connectivity index (χ1n) is 6.21. The van der Waals surface area contributed by atoms with Gasteiger partial charge in [0.1, 0.15) is 11.5 Å². The Labute approximate surface area is 123 Å². The summed E-state index contributed by atoms with van der Waals surface area (Å²) >= 11 is 6.07. The van der Waals surface area contributed by atoms with Gasteiger partial charge in [0.05, 0.1) is 0 Å². The molecule has 104 valence electrons. The number of hydrogen-bond acceptors (Lipinski definition) is 3. The van der Waals surface area contributed by atoms with E-state index in [-0.39, 0.29) is 6.61 Å². The lowest BCUT2D eigenvalue weighted by Crippen LogP contribution is -2.17. The lowest BCUT2D eigenvalue weighted by Gasteiger charge is -2.09. The van der Waals surface area contributed by atoms with Crippen LogP contribution in [0.4, 0.5) is 0 Å². The Morgan fingerprint density at radius 3 is 2.25 bits per heavy atom. The Bertz CT molecular complexity index is 585. The Hall–Kier alpha value is -2.00. The predicted octanol–water partition coefficient (Wildman–Crippen LogP) is 3.94. The second-order valence-corrected chi connectivity index (χ2v) is 4.82. The minimum Gasteiger partial charge on any atom is -0.482 e. The SMILES string of the molecule is Cc1cc(OCC(=O)Oc2ccccc2)cc(C)c1Cl. The van der Waals surface area contributed by atoms with Crippen molar-refractivity contribution in [1.82, 2.24) is 0 Å². The number of carbonyl (C=O) groups is 1. The van der Waals surface area contributed by atoms with Crippen LogP contribution < -0.4 is 9.47 Å². The van der Waals surface area contributed by atoms with E-state index < -0.39 is 5.97 Å². The third kappa shape index (κ3) is 3.75. The predicted molar refractivity (Wildman–Crippen MR) is 78.5 cm³/mol. The van der Waals surface area contributed by atoms with Gasteiger partial charge >= 0.3 is 5.97 Å². The van der Waals surface area contributed by atoms with Crippen LogP contribution in [0.1, 0.15) is 11.1 Å². The van der Waals surface area contributed by atoms with Crippen molar-refractivity contribution in [3.05, 3.63) is 58.6 Å². The molecular weight excluding hydrogens is 276 g/mol. The average Bonchev–Trinajstić information content (AvgIpc) is 2.43. The quantitative estimate of drug-likeness (QED) is 0.632. The van der Waals surface area contributed by atoms with E-state index in [2.05, 4.69) is 0 Å². The molecule has 0 N–H and O–H groups in total. The van der Waals surface area contributed by atoms with E-state index in [9.17, 15) is 4.79 Å². The van der Waals surface area contributed by atoms with Crippen LogP contribution in [0.25, 0.3) is 0 Å². The van der Waals surface area contributed by atoms with Crippen LogP contribution in [0.3, 0.4) is 0 Å². The van der Waals surface area contributed by atoms with Gasteiger partial charge in [0.2, 0.25) is 0 Å². The van der Waals surface area contributed by atoms with E-state index in [1.54, 1.807) is 36.4 Å². The van der Waals surface area contributed by atoms with Crippen molar-refractivity contribution >= 4 is 17.6 Å². The second-order valence-electron chi connectivity index (χ2n) is 4.45. The van der Waals surface area contributed by atoms with Crippen molar-refractivity contribution in [2.75, 3.05) is 6.61 Å². The molecule has 0 unspecified atom stereocenters. The highest BCUT2D eigenvalue weighted by Crippen LogP contribution is 2.25. The molecule has 0 fully saturated rings. The third-order valence-corrected chi connectivity index (χ3v) is 3.34. The zero-order valence-corrected chi connectivity index (χ0v) is 12.1. The number of halogens is 1. The van der Waals surface area contributed by atoms with Gasteiger partial charge in [-0.1, -0.05) is 29.8 Å². The number of hydrogen-bond donors (Lipinski definition) is 0. The standard InChI is InChI=1S/C16H15ClO3/c1-11-8-14(9-12(2)16(11)17)19-10-15(18)20-13-6-4-3-5-7-13/h3-9H,10H2,1-2H3. The molecule has 0 aliphatic rings. The summed E-state index contributed by atoms with van der Waals surface area (Å²) in [6.45, 7) is 3.64. The molecule has 0 aliphatic heterocycles. The molecule has 3 nitrogen and oxygen atoms in total. The molecule has 2 aromatic carbocycles. The number of benzene rings is 2. The van der Waals surface area contributed by atoms with Gasteiger partial charge in [0.15, 0.2) is 6.61 Å². The number of esters is 1. The molecule has 0 saturated heterocycles. The minimum absolute atomic E-state index is 0.143. The second kappa shape index (κ2) is 6.44. The van der Waals surface area contributed by atoms with Crippen LogP contribution in [0, 0.1) is 13.8 Å². The molecular formula is C16H15ClO3. The highest BCUT2D eigenvalue weighted by atomic mass is 35.5. The smallest absolute Gasteiger partial charge is 0.349 e. The summed E-state index contributed by atoms with van der Waals surface area (Å²) in [6.07, 6.45) is 0. The Morgan fingerprint density at radius 2 is 1.65 bits per heavy atom. The highest BCUT2D eigenvalue weighted by Gasteiger charge is 2.08. The average molecular weight is 291 g/mol. The van der Waals surface area contributed by atoms with E-state index in [1.807, 2.05) is 19.9 Å². The summed E-state index contributed by atoms with van der Waals surface area (Å²) in [5.41, 5.74) is 1.83. The molecule has 0 bridgehead atoms. The normalized spacial score (nSPS) is 10.2. The van der Waals surface area contributed by atoms with E-state index >= 15 is 0 Å². The summed E-state index contributed by atoms with van der Waals surface area (Å²) in [4.78, 5) is 11.6. The molecule has 2 rings (SSSR count). The van der Waals surface area contributed by atoms with Gasteiger partial charge in [-0.2, -0.15) is 0 Å². The molecule has 0 radical (unpaired) electrons. The van der Waals surface area contributed by atoms with Gasteiger partial charge in [0.25, 0.3) is 0 Å². The topological polar surface area (TPSA) is 35.5 Å². The van der Waals surface area contributed by atoms with Crippen LogP contribution in [-0.2, 0) is 4.79 Å². The van der Waals surface area contributed by atoms with E-state index in [0.29, 0.717) is 16.5 Å². The minimum atomic E-state index is -0.443. The van der Waals surface area contributed by atoms with Crippen LogP contribution in [0.2, 0.25) is 5.02 Å². The van der Waals surface area contributed by atoms with Crippen molar-refractivity contribution in [2.45, 2.75) is 13.8 Å². The van der Waals surface area contributed by atoms with Gasteiger partial charge in [-0.15, -0.1) is 0 Å². The van der Waals surface area contributed by atoms with Crippen LogP contribution in [-0.4, -0.2) is 12.6 Å². The molecule has 0 aliphatic carbocycles. The first kappa shape index (κ1) is 14.4. The molecule has 0 heterocycles. The molecule has 0 saturated carbocycles. The Balaban J connectivity index is 1.94. The first-order chi connectivity index (χ1) is 9.56. The van der Waals surface area contributed by atoms with Gasteiger partial charge in [-0.3, -0.25) is 0 Å². The van der Waals surface area contributed by atoms with Gasteiger partial charge in [-0.25, -0.2) is 4.79 Å². The molecule has 0 amide bonds. The van der Waals surface area contributed by atoms with Gasteiger partial charge in [-0.05, 0) is 49.2 Å². The number of ether oxygens (including phenoxy) is 2. The molecule has 0 spiro atoms. The van der Waals surface area contributed by atoms with E-state index in [0.717, 1.165) is 11.1 Å². The fourth-order valence-corrected chi connectivity index (χ4v) is 1.89. The summed E-state index contributed by atoms with van der Waals surface area (Å²) in [5, 5.41) is 0.712. The van der Waals surface area contributed by atoms with E-state index in [1.165, 1.54) is 0 Å². The molecule has 2 aromatic rings. The fourth-order valence-electron chi connectivity index (χ4n) is 1.78. The molecule has 4 heteroatoms. The first-order valence-corrected chi connectivity index (χ1v) is 6.59. The van der Waals surface area contributed by atoms with Crippen molar-refractivity contribution in [2.24, 2.45) is 0 Å². The van der Waals surface area contributed by atoms with Crippen LogP contribution in [0.5, 0.6) is 11.5 Å². The molecule has 0 atom stereocenters. The number of para-hydroxylation sites is 1. The van der Waals surface area contributed by atoms with Crippen molar-refractivity contribution in [3.63, 3.8) is 0 Å². The zero-order valence-electron chi connectivity index (χ0n) is 11.4. The molecule has 20 heavy (non-hydrogen) atoms.